The van der Waals surface area contributed by atoms with Gasteiger partial charge < -0.3 is 4.98 Å². The molecular weight excluding hydrogens is 244 g/mol. The van der Waals surface area contributed by atoms with Gasteiger partial charge in [-0.15, -0.1) is 0 Å². The normalized spacial score (nSPS) is 11.2. The summed E-state index contributed by atoms with van der Waals surface area (Å²) in [5.41, 5.74) is 5.63. The van der Waals surface area contributed by atoms with Crippen molar-refractivity contribution in [2.45, 2.75) is 6.92 Å². The summed E-state index contributed by atoms with van der Waals surface area (Å²) in [5, 5.41) is 2.43. The van der Waals surface area contributed by atoms with E-state index in [0.717, 1.165) is 22.3 Å². The Bertz CT molecular complexity index is 919. The molecule has 0 spiro atoms. The molecule has 0 bridgehead atoms. The summed E-state index contributed by atoms with van der Waals surface area (Å²) in [4.78, 5) is 8.11. The number of fused-ring (bicyclic) bond motifs is 2. The highest BCUT2D eigenvalue weighted by molar-refractivity contribution is 5.96. The maximum Gasteiger partial charge on any atom is 0.0731 e. The molecular formula is C18H14N2. The van der Waals surface area contributed by atoms with E-state index in [1.165, 1.54) is 16.3 Å². The van der Waals surface area contributed by atoms with E-state index in [2.05, 4.69) is 60.4 Å². The van der Waals surface area contributed by atoms with Crippen molar-refractivity contribution >= 4 is 21.8 Å². The predicted molar refractivity (Wildman–Crippen MR) is 83.8 cm³/mol. The fourth-order valence-electron chi connectivity index (χ4n) is 2.74. The molecule has 0 fully saturated rings. The van der Waals surface area contributed by atoms with E-state index < -0.39 is 0 Å². The van der Waals surface area contributed by atoms with E-state index >= 15 is 0 Å². The lowest BCUT2D eigenvalue weighted by atomic mass is 10.1. The summed E-state index contributed by atoms with van der Waals surface area (Å²) in [6, 6.07) is 18.8. The van der Waals surface area contributed by atoms with Gasteiger partial charge in [0.1, 0.15) is 0 Å². The Morgan fingerprint density at radius 1 is 0.850 bits per heavy atom. The molecule has 0 saturated heterocycles. The Hall–Kier alpha value is -2.61. The molecule has 2 nitrogen and oxygen atoms in total. The monoisotopic (exact) mass is 258 g/mol. The van der Waals surface area contributed by atoms with Crippen molar-refractivity contribution in [3.8, 4) is 11.3 Å². The summed E-state index contributed by atoms with van der Waals surface area (Å²) in [7, 11) is 0. The van der Waals surface area contributed by atoms with Crippen LogP contribution in [-0.2, 0) is 0 Å². The third-order valence-corrected chi connectivity index (χ3v) is 3.82. The molecule has 0 atom stereocenters. The summed E-state index contributed by atoms with van der Waals surface area (Å²) in [6.07, 6.45) is 2.04. The predicted octanol–water partition coefficient (Wildman–Crippen LogP) is 4.69. The second-order valence-corrected chi connectivity index (χ2v) is 5.09. The quantitative estimate of drug-likeness (QED) is 0.527. The number of rotatable bonds is 1. The lowest BCUT2D eigenvalue weighted by molar-refractivity contribution is 1.38. The van der Waals surface area contributed by atoms with Gasteiger partial charge in [-0.05, 0) is 30.7 Å². The molecule has 0 radical (unpaired) electrons. The van der Waals surface area contributed by atoms with Crippen LogP contribution in [-0.4, -0.2) is 9.97 Å². The number of para-hydroxylation sites is 1. The van der Waals surface area contributed by atoms with Gasteiger partial charge in [-0.25, -0.2) is 4.98 Å². The van der Waals surface area contributed by atoms with Crippen molar-refractivity contribution in [1.82, 2.24) is 9.97 Å². The Labute approximate surface area is 117 Å². The first kappa shape index (κ1) is 11.2. The van der Waals surface area contributed by atoms with Crippen LogP contribution in [0.3, 0.4) is 0 Å². The molecule has 1 N–H and O–H groups in total. The molecule has 0 aliphatic carbocycles. The maximum absolute atomic E-state index is 4.81. The average molecular weight is 258 g/mol. The SMILES string of the molecule is Cc1cccc2nc(-c3c[nH]c4ccccc34)ccc12. The molecule has 0 aliphatic heterocycles. The van der Waals surface area contributed by atoms with Crippen LogP contribution in [0.4, 0.5) is 0 Å². The number of hydrogen-bond acceptors (Lipinski definition) is 1. The van der Waals surface area contributed by atoms with E-state index in [9.17, 15) is 0 Å². The number of pyridine rings is 1. The molecule has 0 saturated carbocycles. The summed E-state index contributed by atoms with van der Waals surface area (Å²) in [5.74, 6) is 0. The zero-order valence-corrected chi connectivity index (χ0v) is 11.2. The highest BCUT2D eigenvalue weighted by Crippen LogP contribution is 2.29. The molecule has 2 aromatic heterocycles. The van der Waals surface area contributed by atoms with E-state index in [-0.39, 0.29) is 0 Å². The van der Waals surface area contributed by atoms with Gasteiger partial charge in [0.05, 0.1) is 11.2 Å². The minimum atomic E-state index is 1.01. The molecule has 2 aromatic carbocycles. The van der Waals surface area contributed by atoms with Crippen molar-refractivity contribution in [3.63, 3.8) is 0 Å². The second kappa shape index (κ2) is 4.20. The zero-order valence-electron chi connectivity index (χ0n) is 11.2. The number of nitrogens with zero attached hydrogens (tertiary/aromatic N) is 1. The summed E-state index contributed by atoms with van der Waals surface area (Å²) < 4.78 is 0. The fourth-order valence-corrected chi connectivity index (χ4v) is 2.74. The molecule has 2 heterocycles. The maximum atomic E-state index is 4.81. The number of hydrogen-bond donors (Lipinski definition) is 1. The Kier molecular flexibility index (Phi) is 2.36. The smallest absolute Gasteiger partial charge is 0.0731 e. The van der Waals surface area contributed by atoms with Crippen LogP contribution in [0.25, 0.3) is 33.1 Å². The number of benzene rings is 2. The van der Waals surface area contributed by atoms with Gasteiger partial charge >= 0.3 is 0 Å². The standard InChI is InChI=1S/C18H14N2/c1-12-5-4-8-17-13(12)9-10-18(20-17)15-11-19-16-7-3-2-6-14(15)16/h2-11,19H,1H3. The van der Waals surface area contributed by atoms with Crippen molar-refractivity contribution in [3.05, 3.63) is 66.4 Å². The Morgan fingerprint density at radius 2 is 1.75 bits per heavy atom. The van der Waals surface area contributed by atoms with Crippen LogP contribution in [0.15, 0.2) is 60.8 Å². The van der Waals surface area contributed by atoms with Gasteiger partial charge in [0.15, 0.2) is 0 Å². The first-order valence-corrected chi connectivity index (χ1v) is 6.76. The third-order valence-electron chi connectivity index (χ3n) is 3.82. The molecule has 0 amide bonds. The van der Waals surface area contributed by atoms with Gasteiger partial charge in [0, 0.05) is 28.0 Å². The first-order valence-electron chi connectivity index (χ1n) is 6.76. The average Bonchev–Trinajstić information content (AvgIpc) is 2.91. The molecule has 0 aliphatic rings. The number of nitrogens with one attached hydrogen (secondary N) is 1. The molecule has 4 aromatic rings. The molecule has 0 unspecified atom stereocenters. The molecule has 96 valence electrons. The van der Waals surface area contributed by atoms with Crippen molar-refractivity contribution < 1.29 is 0 Å². The summed E-state index contributed by atoms with van der Waals surface area (Å²) >= 11 is 0. The topological polar surface area (TPSA) is 28.7 Å². The minimum Gasteiger partial charge on any atom is -0.360 e. The van der Waals surface area contributed by atoms with Crippen molar-refractivity contribution in [1.29, 1.82) is 0 Å². The van der Waals surface area contributed by atoms with Gasteiger partial charge in [-0.1, -0.05) is 36.4 Å². The van der Waals surface area contributed by atoms with Crippen LogP contribution in [0, 0.1) is 6.92 Å². The van der Waals surface area contributed by atoms with Crippen LogP contribution >= 0.6 is 0 Å². The van der Waals surface area contributed by atoms with Crippen LogP contribution in [0.2, 0.25) is 0 Å². The van der Waals surface area contributed by atoms with Gasteiger partial charge in [-0.3, -0.25) is 0 Å². The van der Waals surface area contributed by atoms with Crippen LogP contribution in [0.5, 0.6) is 0 Å². The van der Waals surface area contributed by atoms with Gasteiger partial charge in [0.25, 0.3) is 0 Å². The van der Waals surface area contributed by atoms with E-state index in [0.29, 0.717) is 0 Å². The number of H-pyrrole nitrogens is 1. The second-order valence-electron chi connectivity index (χ2n) is 5.09. The lowest BCUT2D eigenvalue weighted by Gasteiger charge is -2.04. The van der Waals surface area contributed by atoms with Gasteiger partial charge in [0.2, 0.25) is 0 Å². The number of aromatic nitrogens is 2. The zero-order chi connectivity index (χ0) is 13.5. The highest BCUT2D eigenvalue weighted by Gasteiger charge is 2.08. The fraction of sp³-hybridized carbons (Fsp3) is 0.0556. The van der Waals surface area contributed by atoms with Crippen LogP contribution in [0.1, 0.15) is 5.56 Å². The minimum absolute atomic E-state index is 1.01. The van der Waals surface area contributed by atoms with E-state index in [4.69, 9.17) is 4.98 Å². The molecule has 2 heteroatoms. The van der Waals surface area contributed by atoms with Crippen molar-refractivity contribution in [2.24, 2.45) is 0 Å². The van der Waals surface area contributed by atoms with Gasteiger partial charge in [-0.2, -0.15) is 0 Å². The largest absolute Gasteiger partial charge is 0.360 e. The Balaban J connectivity index is 1.98. The molecule has 20 heavy (non-hydrogen) atoms. The first-order chi connectivity index (χ1) is 9.83. The number of aromatic amines is 1. The van der Waals surface area contributed by atoms with Crippen LogP contribution < -0.4 is 0 Å². The Morgan fingerprint density at radius 3 is 2.70 bits per heavy atom. The van der Waals surface area contributed by atoms with Crippen molar-refractivity contribution in [2.75, 3.05) is 0 Å². The highest BCUT2D eigenvalue weighted by atomic mass is 14.7. The van der Waals surface area contributed by atoms with E-state index in [1.54, 1.807) is 0 Å². The third kappa shape index (κ3) is 1.62. The molecule has 4 rings (SSSR count). The lowest BCUT2D eigenvalue weighted by Crippen LogP contribution is -1.86. The number of aryl methyl sites for hydroxylation is 1. The summed E-state index contributed by atoms with van der Waals surface area (Å²) in [6.45, 7) is 2.12. The van der Waals surface area contributed by atoms with E-state index in [1.807, 2.05) is 12.3 Å².